The lowest BCUT2D eigenvalue weighted by molar-refractivity contribution is 0.0680. The van der Waals surface area contributed by atoms with Gasteiger partial charge >= 0.3 is 0 Å². The third-order valence-electron chi connectivity index (χ3n) is 4.74. The average Bonchev–Trinajstić information content (AvgIpc) is 2.94. The van der Waals surface area contributed by atoms with Gasteiger partial charge in [0.05, 0.1) is 11.0 Å². The number of fused-ring (bicyclic) bond motifs is 3. The van der Waals surface area contributed by atoms with Crippen LogP contribution in [0.3, 0.4) is 0 Å². The predicted molar refractivity (Wildman–Crippen MR) is 81.3 cm³/mol. The highest BCUT2D eigenvalue weighted by molar-refractivity contribution is 5.98. The number of nitrogens with zero attached hydrogens (tertiary/aromatic N) is 2. The van der Waals surface area contributed by atoms with Gasteiger partial charge < -0.3 is 15.2 Å². The standard InChI is InChI=1S/C16H20N4O/c1-10-18-14-5-2-11(8-15(14)19-10)16(21)20-12-3-4-13(20)9-17-7-6-12/h2,5,8,12-13,17H,3-4,6-7,9H2,1H3,(H,18,19)/t12-,13+/m1/s1. The van der Waals surface area contributed by atoms with Gasteiger partial charge in [0.1, 0.15) is 5.82 Å². The predicted octanol–water partition coefficient (Wildman–Crippen LogP) is 1.84. The first kappa shape index (κ1) is 12.8. The molecule has 110 valence electrons. The topological polar surface area (TPSA) is 61.0 Å². The van der Waals surface area contributed by atoms with Crippen LogP contribution in [0.25, 0.3) is 11.0 Å². The molecule has 1 aromatic carbocycles. The average molecular weight is 284 g/mol. The van der Waals surface area contributed by atoms with Gasteiger partial charge in [-0.05, 0) is 50.9 Å². The van der Waals surface area contributed by atoms with Gasteiger partial charge in [-0.1, -0.05) is 0 Å². The lowest BCUT2D eigenvalue weighted by atomic mass is 10.1. The van der Waals surface area contributed by atoms with E-state index in [4.69, 9.17) is 0 Å². The molecule has 0 radical (unpaired) electrons. The zero-order chi connectivity index (χ0) is 14.4. The lowest BCUT2D eigenvalue weighted by Gasteiger charge is -2.28. The maximum atomic E-state index is 12.9. The van der Waals surface area contributed by atoms with Gasteiger partial charge in [-0.15, -0.1) is 0 Å². The van der Waals surface area contributed by atoms with E-state index in [-0.39, 0.29) is 5.91 Å². The summed E-state index contributed by atoms with van der Waals surface area (Å²) in [5.41, 5.74) is 2.63. The fourth-order valence-electron chi connectivity index (χ4n) is 3.73. The summed E-state index contributed by atoms with van der Waals surface area (Å²) in [4.78, 5) is 22.6. The maximum absolute atomic E-state index is 12.9. The Bertz CT molecular complexity index is 679. The molecule has 0 aliphatic carbocycles. The lowest BCUT2D eigenvalue weighted by Crippen LogP contribution is -2.42. The number of amides is 1. The molecule has 1 amide bonds. The van der Waals surface area contributed by atoms with Crippen LogP contribution in [-0.2, 0) is 0 Å². The van der Waals surface area contributed by atoms with Crippen LogP contribution in [0.1, 0.15) is 35.4 Å². The molecular weight excluding hydrogens is 264 g/mol. The van der Waals surface area contributed by atoms with Gasteiger partial charge in [0.2, 0.25) is 0 Å². The first-order chi connectivity index (χ1) is 10.2. The Morgan fingerprint density at radius 2 is 2.14 bits per heavy atom. The van der Waals surface area contributed by atoms with E-state index in [0.29, 0.717) is 12.1 Å². The Kier molecular flexibility index (Phi) is 2.96. The normalized spacial score (nSPS) is 25.3. The number of benzene rings is 1. The Morgan fingerprint density at radius 3 is 3.05 bits per heavy atom. The number of carbonyl (C=O) groups excluding carboxylic acids is 1. The van der Waals surface area contributed by atoms with Crippen LogP contribution >= 0.6 is 0 Å². The van der Waals surface area contributed by atoms with E-state index in [9.17, 15) is 4.79 Å². The summed E-state index contributed by atoms with van der Waals surface area (Å²) in [6, 6.07) is 6.53. The van der Waals surface area contributed by atoms with Gasteiger partial charge in [0, 0.05) is 24.2 Å². The second kappa shape index (κ2) is 4.84. The molecule has 5 heteroatoms. The van der Waals surface area contributed by atoms with Crippen molar-refractivity contribution in [3.63, 3.8) is 0 Å². The first-order valence-electron chi connectivity index (χ1n) is 7.72. The number of carbonyl (C=O) groups is 1. The Hall–Kier alpha value is -1.88. The van der Waals surface area contributed by atoms with Gasteiger partial charge in [0.15, 0.2) is 0 Å². The fourth-order valence-corrected chi connectivity index (χ4v) is 3.73. The Labute approximate surface area is 123 Å². The van der Waals surface area contributed by atoms with Crippen LogP contribution < -0.4 is 5.32 Å². The molecule has 2 aliphatic rings. The van der Waals surface area contributed by atoms with E-state index in [2.05, 4.69) is 20.2 Å². The zero-order valence-corrected chi connectivity index (χ0v) is 12.2. The fraction of sp³-hybridized carbons (Fsp3) is 0.500. The molecule has 1 aromatic heterocycles. The SMILES string of the molecule is Cc1nc2ccc(C(=O)N3[C@H]4CCNC[C@@H]3CC4)cc2[nH]1. The summed E-state index contributed by atoms with van der Waals surface area (Å²) in [5, 5.41) is 3.44. The summed E-state index contributed by atoms with van der Waals surface area (Å²) >= 11 is 0. The van der Waals surface area contributed by atoms with Crippen molar-refractivity contribution in [3.8, 4) is 0 Å². The third kappa shape index (κ3) is 2.12. The maximum Gasteiger partial charge on any atom is 0.254 e. The molecule has 0 spiro atoms. The molecule has 2 atom stereocenters. The van der Waals surface area contributed by atoms with Crippen molar-refractivity contribution in [1.29, 1.82) is 0 Å². The summed E-state index contributed by atoms with van der Waals surface area (Å²) in [6.07, 6.45) is 3.33. The van der Waals surface area contributed by atoms with Crippen LogP contribution in [-0.4, -0.2) is 45.9 Å². The minimum Gasteiger partial charge on any atom is -0.342 e. The molecule has 2 aliphatic heterocycles. The summed E-state index contributed by atoms with van der Waals surface area (Å²) in [5.74, 6) is 1.05. The third-order valence-corrected chi connectivity index (χ3v) is 4.74. The van der Waals surface area contributed by atoms with Gasteiger partial charge in [-0.25, -0.2) is 4.98 Å². The highest BCUT2D eigenvalue weighted by Gasteiger charge is 2.38. The molecule has 2 saturated heterocycles. The molecule has 2 N–H and O–H groups in total. The zero-order valence-electron chi connectivity index (χ0n) is 12.2. The van der Waals surface area contributed by atoms with E-state index >= 15 is 0 Å². The number of rotatable bonds is 1. The number of nitrogens with one attached hydrogen (secondary N) is 2. The summed E-state index contributed by atoms with van der Waals surface area (Å²) < 4.78 is 0. The van der Waals surface area contributed by atoms with Crippen LogP contribution in [0.5, 0.6) is 0 Å². The summed E-state index contributed by atoms with van der Waals surface area (Å²) in [6.45, 7) is 3.87. The van der Waals surface area contributed by atoms with E-state index in [1.165, 1.54) is 0 Å². The van der Waals surface area contributed by atoms with E-state index in [1.807, 2.05) is 25.1 Å². The second-order valence-corrected chi connectivity index (χ2v) is 6.14. The number of hydrogen-bond acceptors (Lipinski definition) is 3. The highest BCUT2D eigenvalue weighted by Crippen LogP contribution is 2.30. The monoisotopic (exact) mass is 284 g/mol. The minimum absolute atomic E-state index is 0.167. The van der Waals surface area contributed by atoms with Crippen LogP contribution in [0.2, 0.25) is 0 Å². The largest absolute Gasteiger partial charge is 0.342 e. The molecule has 2 aromatic rings. The number of aryl methyl sites for hydroxylation is 1. The van der Waals surface area contributed by atoms with Crippen LogP contribution in [0, 0.1) is 6.92 Å². The van der Waals surface area contributed by atoms with Gasteiger partial charge in [0.25, 0.3) is 5.91 Å². The van der Waals surface area contributed by atoms with Gasteiger partial charge in [-0.3, -0.25) is 4.79 Å². The number of imidazole rings is 1. The van der Waals surface area contributed by atoms with Crippen molar-refractivity contribution in [1.82, 2.24) is 20.2 Å². The first-order valence-corrected chi connectivity index (χ1v) is 7.72. The molecule has 2 bridgehead atoms. The van der Waals surface area contributed by atoms with E-state index in [0.717, 1.165) is 54.8 Å². The molecule has 0 saturated carbocycles. The molecule has 0 unspecified atom stereocenters. The Morgan fingerprint density at radius 1 is 1.29 bits per heavy atom. The van der Waals surface area contributed by atoms with E-state index < -0.39 is 0 Å². The van der Waals surface area contributed by atoms with Crippen molar-refractivity contribution in [2.24, 2.45) is 0 Å². The minimum atomic E-state index is 0.167. The molecule has 5 nitrogen and oxygen atoms in total. The summed E-state index contributed by atoms with van der Waals surface area (Å²) in [7, 11) is 0. The van der Waals surface area contributed by atoms with Crippen molar-refractivity contribution < 1.29 is 4.79 Å². The smallest absolute Gasteiger partial charge is 0.254 e. The number of aromatic amines is 1. The van der Waals surface area contributed by atoms with Crippen LogP contribution in [0.4, 0.5) is 0 Å². The number of H-pyrrole nitrogens is 1. The second-order valence-electron chi connectivity index (χ2n) is 6.14. The Balaban J connectivity index is 1.68. The van der Waals surface area contributed by atoms with Crippen molar-refractivity contribution in [2.45, 2.75) is 38.3 Å². The molecule has 2 fully saturated rings. The van der Waals surface area contributed by atoms with Crippen molar-refractivity contribution >= 4 is 16.9 Å². The van der Waals surface area contributed by atoms with Crippen molar-refractivity contribution in [3.05, 3.63) is 29.6 Å². The van der Waals surface area contributed by atoms with Gasteiger partial charge in [-0.2, -0.15) is 0 Å². The molecule has 21 heavy (non-hydrogen) atoms. The number of hydrogen-bond donors (Lipinski definition) is 2. The quantitative estimate of drug-likeness (QED) is 0.840. The molecular formula is C16H20N4O. The number of aromatic nitrogens is 2. The highest BCUT2D eigenvalue weighted by atomic mass is 16.2. The molecule has 4 rings (SSSR count). The van der Waals surface area contributed by atoms with E-state index in [1.54, 1.807) is 0 Å². The molecule has 3 heterocycles. The van der Waals surface area contributed by atoms with Crippen LogP contribution in [0.15, 0.2) is 18.2 Å². The van der Waals surface area contributed by atoms with Crippen molar-refractivity contribution in [2.75, 3.05) is 13.1 Å².